The summed E-state index contributed by atoms with van der Waals surface area (Å²) in [4.78, 5) is 4.92. The normalized spacial score (nSPS) is 17.8. The van der Waals surface area contributed by atoms with Crippen LogP contribution in [0.5, 0.6) is 11.5 Å². The molecule has 358 valence electrons. The van der Waals surface area contributed by atoms with Gasteiger partial charge in [-0.3, -0.25) is 0 Å². The number of para-hydroxylation sites is 1. The third-order valence-electron chi connectivity index (χ3n) is 14.7. The number of hydrogen-bond acceptors (Lipinski definition) is 2. The van der Waals surface area contributed by atoms with Crippen LogP contribution in [0.25, 0.3) is 38.8 Å². The fraction of sp³-hybridized carbons (Fsp3) is 0.333. The summed E-state index contributed by atoms with van der Waals surface area (Å²) in [5.74, 6) is 3.39. The van der Waals surface area contributed by atoms with E-state index in [1.54, 1.807) is 0 Å². The van der Waals surface area contributed by atoms with E-state index in [4.69, 9.17) is 9.72 Å². The molecule has 2 aliphatic heterocycles. The molecule has 1 unspecified atom stereocenters. The summed E-state index contributed by atoms with van der Waals surface area (Å²) in [7, 11) is 0. The molecule has 10 rings (SSSR count). The largest absolute Gasteiger partial charge is 0.509 e. The number of ether oxygens (including phenoxy) is 1. The van der Waals surface area contributed by atoms with Crippen molar-refractivity contribution < 1.29 is 25.8 Å². The molecule has 0 aliphatic carbocycles. The van der Waals surface area contributed by atoms with Crippen molar-refractivity contribution in [2.75, 3.05) is 0 Å². The molecular formula is C63H69N4OPt-. The maximum absolute atomic E-state index is 7.00. The number of benzene rings is 6. The SMILES string of the molecule is CC(C)c1cc(C(C)C)c(-c2ccc3c(c2)[N@@+]2(c4cccc(C(C)(C)C)c4)[CH-][N+]32c2[c-]c(Oc3[c-]c4c(cc3)c3ccccc3n4-c3cc(C(C)(C)C)ccn3)cc(C(C)(C)C)c2)c(C(C)C)c1.[Pt]. The van der Waals surface area contributed by atoms with Gasteiger partial charge in [-0.1, -0.05) is 158 Å². The first kappa shape index (κ1) is 48.7. The number of pyridine rings is 1. The molecule has 0 amide bonds. The van der Waals surface area contributed by atoms with Gasteiger partial charge in [-0.05, 0) is 103 Å². The fourth-order valence-electron chi connectivity index (χ4n) is 10.6. The number of rotatable bonds is 9. The molecule has 5 nitrogen and oxygen atoms in total. The van der Waals surface area contributed by atoms with Gasteiger partial charge in [0.25, 0.3) is 0 Å². The topological polar surface area (TPSA) is 27.1 Å². The Morgan fingerprint density at radius 2 is 1.23 bits per heavy atom. The van der Waals surface area contributed by atoms with Crippen LogP contribution in [0.1, 0.15) is 155 Å². The predicted molar refractivity (Wildman–Crippen MR) is 287 cm³/mol. The van der Waals surface area contributed by atoms with Crippen molar-refractivity contribution in [3.8, 4) is 28.4 Å². The van der Waals surface area contributed by atoms with Crippen molar-refractivity contribution in [3.63, 3.8) is 0 Å². The van der Waals surface area contributed by atoms with Crippen molar-refractivity contribution in [2.45, 2.75) is 138 Å². The van der Waals surface area contributed by atoms with Gasteiger partial charge in [0.05, 0.1) is 5.69 Å². The minimum absolute atomic E-state index is 0. The number of fused-ring (bicyclic) bond motifs is 7. The van der Waals surface area contributed by atoms with Gasteiger partial charge >= 0.3 is 0 Å². The third-order valence-corrected chi connectivity index (χ3v) is 14.7. The Hall–Kier alpha value is -5.32. The smallest absolute Gasteiger partial charge is 0.226 e. The molecule has 0 spiro atoms. The van der Waals surface area contributed by atoms with E-state index in [0.29, 0.717) is 38.4 Å². The van der Waals surface area contributed by atoms with Gasteiger partial charge in [-0.25, -0.2) is 9.58 Å². The van der Waals surface area contributed by atoms with Crippen molar-refractivity contribution in [1.82, 2.24) is 18.7 Å². The van der Waals surface area contributed by atoms with Crippen LogP contribution < -0.4 is 13.9 Å². The molecule has 0 saturated carbocycles. The molecule has 0 radical (unpaired) electrons. The molecule has 6 aromatic carbocycles. The van der Waals surface area contributed by atoms with Crippen LogP contribution in [0.2, 0.25) is 0 Å². The number of hydrogen-bond donors (Lipinski definition) is 0. The van der Waals surface area contributed by atoms with Gasteiger partial charge in [0.2, 0.25) is 11.4 Å². The first-order valence-electron chi connectivity index (χ1n) is 24.8. The molecule has 0 bridgehead atoms. The molecular weight excluding hydrogens is 1020 g/mol. The molecule has 6 heteroatoms. The minimum Gasteiger partial charge on any atom is -0.509 e. The van der Waals surface area contributed by atoms with Crippen molar-refractivity contribution in [2.24, 2.45) is 0 Å². The molecule has 1 fully saturated rings. The van der Waals surface area contributed by atoms with E-state index < -0.39 is 0 Å². The molecule has 2 aromatic heterocycles. The van der Waals surface area contributed by atoms with E-state index in [2.05, 4.69) is 242 Å². The summed E-state index contributed by atoms with van der Waals surface area (Å²) >= 11 is 0. The van der Waals surface area contributed by atoms with E-state index in [1.165, 1.54) is 61.6 Å². The van der Waals surface area contributed by atoms with Crippen LogP contribution in [0.3, 0.4) is 0 Å². The van der Waals surface area contributed by atoms with Gasteiger partial charge in [0.15, 0.2) is 12.4 Å². The fourth-order valence-corrected chi connectivity index (χ4v) is 10.6. The van der Waals surface area contributed by atoms with Crippen LogP contribution >= 0.6 is 0 Å². The van der Waals surface area contributed by atoms with Crippen molar-refractivity contribution in [1.29, 1.82) is 0 Å². The monoisotopic (exact) mass is 1090 g/mol. The molecule has 4 heterocycles. The average Bonchev–Trinajstić information content (AvgIpc) is 3.78. The molecule has 1 saturated heterocycles. The van der Waals surface area contributed by atoms with Crippen LogP contribution in [0, 0.1) is 18.8 Å². The molecule has 69 heavy (non-hydrogen) atoms. The second-order valence-electron chi connectivity index (χ2n) is 23.6. The zero-order valence-corrected chi connectivity index (χ0v) is 45.6. The Morgan fingerprint density at radius 3 is 1.88 bits per heavy atom. The van der Waals surface area contributed by atoms with Gasteiger partial charge in [-0.15, -0.1) is 35.2 Å². The molecule has 0 N–H and O–H groups in total. The van der Waals surface area contributed by atoms with E-state index in [0.717, 1.165) is 33.3 Å². The van der Waals surface area contributed by atoms with Crippen LogP contribution in [-0.2, 0) is 37.3 Å². The molecule has 2 aliphatic rings. The summed E-state index contributed by atoms with van der Waals surface area (Å²) in [5, 5.41) is 2.26. The van der Waals surface area contributed by atoms with Crippen LogP contribution in [-0.4, -0.2) is 9.55 Å². The van der Waals surface area contributed by atoms with Gasteiger partial charge in [-0.2, -0.15) is 10.7 Å². The molecule has 2 atom stereocenters. The zero-order chi connectivity index (χ0) is 48.5. The summed E-state index contributed by atoms with van der Waals surface area (Å²) < 4.78 is 10.3. The summed E-state index contributed by atoms with van der Waals surface area (Å²) in [6.45, 7) is 37.0. The maximum Gasteiger partial charge on any atom is 0.226 e. The Bertz CT molecular complexity index is 3270. The summed E-state index contributed by atoms with van der Waals surface area (Å²) in [6, 6.07) is 50.7. The first-order chi connectivity index (χ1) is 32.0. The number of aromatic nitrogens is 2. The van der Waals surface area contributed by atoms with Crippen molar-refractivity contribution in [3.05, 3.63) is 174 Å². The minimum atomic E-state index is -0.165. The molecule has 8 aromatic rings. The number of nitrogens with zero attached hydrogens (tertiary/aromatic N) is 4. The summed E-state index contributed by atoms with van der Waals surface area (Å²) in [5.41, 5.74) is 17.4. The standard InChI is InChI=1S/C63H69N4O.Pt/c1-39(2)43-29-53(40(3)4)60(54(30-43)41(5)6)42-23-26-57-58(31-42)66(47-20-18-19-44(32-47)61(7,8)9)38-67(57,66)48-33-46(63(13,14)15)34-50(36-48)68-49-24-25-52-51-21-16-17-22-55(51)65(56(52)37-49)59-35-45(27-28-64-59)62(10,11)12;/h16-35,38-41H,1-15H3;/q-1;/t66-,67?;/m0./s1. The van der Waals surface area contributed by atoms with E-state index >= 15 is 0 Å². The van der Waals surface area contributed by atoms with Crippen LogP contribution in [0.15, 0.2) is 121 Å². The summed E-state index contributed by atoms with van der Waals surface area (Å²) in [6.07, 6.45) is 1.92. The Kier molecular flexibility index (Phi) is 11.9. The third kappa shape index (κ3) is 7.92. The Morgan fingerprint density at radius 1 is 0.565 bits per heavy atom. The van der Waals surface area contributed by atoms with Gasteiger partial charge in [0, 0.05) is 68.5 Å². The first-order valence-corrected chi connectivity index (χ1v) is 24.8. The van der Waals surface area contributed by atoms with E-state index in [9.17, 15) is 0 Å². The second kappa shape index (κ2) is 16.9. The average molecular weight is 1090 g/mol. The zero-order valence-electron chi connectivity index (χ0n) is 43.4. The van der Waals surface area contributed by atoms with Gasteiger partial charge in [0.1, 0.15) is 5.82 Å². The maximum atomic E-state index is 7.00. The predicted octanol–water partition coefficient (Wildman–Crippen LogP) is 17.8. The van der Waals surface area contributed by atoms with E-state index in [-0.39, 0.29) is 37.3 Å². The van der Waals surface area contributed by atoms with Gasteiger partial charge < -0.3 is 9.30 Å². The number of quaternary nitrogens is 2. The second-order valence-corrected chi connectivity index (χ2v) is 23.6. The van der Waals surface area contributed by atoms with Crippen molar-refractivity contribution >= 4 is 44.6 Å². The van der Waals surface area contributed by atoms with Crippen LogP contribution in [0.4, 0.5) is 22.7 Å². The Balaban J connectivity index is 0.00000593. The van der Waals surface area contributed by atoms with E-state index in [1.807, 2.05) is 6.20 Å². The Labute approximate surface area is 426 Å². The quantitative estimate of drug-likeness (QED) is 0.0818.